The highest BCUT2D eigenvalue weighted by Gasteiger charge is 2.43. The molecule has 6 heteroatoms. The summed E-state index contributed by atoms with van der Waals surface area (Å²) in [5, 5.41) is 0. The molecule has 106 valence electrons. The van der Waals surface area contributed by atoms with Gasteiger partial charge < -0.3 is 4.74 Å². The third kappa shape index (κ3) is 4.54. The van der Waals surface area contributed by atoms with E-state index in [-0.39, 0.29) is 11.7 Å². The Morgan fingerprint density at radius 2 is 1.74 bits per heavy atom. The van der Waals surface area contributed by atoms with Crippen LogP contribution in [-0.4, -0.2) is 18.3 Å². The van der Waals surface area contributed by atoms with Gasteiger partial charge in [-0.1, -0.05) is 13.8 Å². The monoisotopic (exact) mass is 278 g/mol. The number of ketones is 1. The Morgan fingerprint density at radius 1 is 1.21 bits per heavy atom. The standard InChI is InChI=1S/C13H14F4O2/c1-8(2)7-11(18)9-3-5-10(6-4-9)19-13(16,17)12(14)15/h3-6,8,12H,7H2,1-2H3. The molecule has 0 saturated heterocycles. The van der Waals surface area contributed by atoms with Crippen LogP contribution in [0, 0.1) is 5.92 Å². The first kappa shape index (κ1) is 15.5. The molecule has 0 aromatic heterocycles. The van der Waals surface area contributed by atoms with Crippen molar-refractivity contribution >= 4 is 5.78 Å². The van der Waals surface area contributed by atoms with Crippen molar-refractivity contribution in [2.75, 3.05) is 0 Å². The fourth-order valence-corrected chi connectivity index (χ4v) is 1.40. The van der Waals surface area contributed by atoms with E-state index in [9.17, 15) is 22.4 Å². The van der Waals surface area contributed by atoms with Gasteiger partial charge in [0.25, 0.3) is 0 Å². The quantitative estimate of drug-likeness (QED) is 0.577. The Bertz CT molecular complexity index is 427. The number of rotatable bonds is 6. The number of carbonyl (C=O) groups is 1. The lowest BCUT2D eigenvalue weighted by atomic mass is 10.0. The topological polar surface area (TPSA) is 26.3 Å². The van der Waals surface area contributed by atoms with Gasteiger partial charge in [0.1, 0.15) is 5.75 Å². The molecule has 1 aromatic carbocycles. The van der Waals surface area contributed by atoms with E-state index in [4.69, 9.17) is 0 Å². The molecule has 0 aliphatic rings. The summed E-state index contributed by atoms with van der Waals surface area (Å²) in [5.41, 5.74) is 0.335. The first-order valence-electron chi connectivity index (χ1n) is 5.70. The van der Waals surface area contributed by atoms with E-state index in [0.717, 1.165) is 12.1 Å². The highest BCUT2D eigenvalue weighted by Crippen LogP contribution is 2.27. The van der Waals surface area contributed by atoms with Gasteiger partial charge in [-0.2, -0.15) is 17.6 Å². The van der Waals surface area contributed by atoms with Crippen molar-refractivity contribution in [1.29, 1.82) is 0 Å². The van der Waals surface area contributed by atoms with Crippen LogP contribution in [0.15, 0.2) is 24.3 Å². The van der Waals surface area contributed by atoms with Crippen LogP contribution in [0.25, 0.3) is 0 Å². The maximum Gasteiger partial charge on any atom is 0.461 e. The molecule has 2 nitrogen and oxygen atoms in total. The van der Waals surface area contributed by atoms with Gasteiger partial charge >= 0.3 is 12.5 Å². The van der Waals surface area contributed by atoms with Crippen LogP contribution in [0.3, 0.4) is 0 Å². The normalized spacial score (nSPS) is 12.0. The molecule has 0 fully saturated rings. The Kier molecular flexibility index (Phi) is 4.91. The van der Waals surface area contributed by atoms with Gasteiger partial charge in [0, 0.05) is 12.0 Å². The summed E-state index contributed by atoms with van der Waals surface area (Å²) < 4.78 is 53.0. The lowest BCUT2D eigenvalue weighted by Crippen LogP contribution is -2.33. The SMILES string of the molecule is CC(C)CC(=O)c1ccc(OC(F)(F)C(F)F)cc1. The number of ether oxygens (including phenoxy) is 1. The maximum absolute atomic E-state index is 12.6. The van der Waals surface area contributed by atoms with Crippen molar-refractivity contribution in [3.63, 3.8) is 0 Å². The molecule has 0 aliphatic heterocycles. The predicted molar refractivity (Wildman–Crippen MR) is 61.8 cm³/mol. The Labute approximate surface area is 108 Å². The lowest BCUT2D eigenvalue weighted by Gasteiger charge is -2.16. The van der Waals surface area contributed by atoms with Crippen LogP contribution < -0.4 is 4.74 Å². The van der Waals surface area contributed by atoms with Crippen LogP contribution in [-0.2, 0) is 0 Å². The van der Waals surface area contributed by atoms with E-state index in [2.05, 4.69) is 4.74 Å². The molecule has 0 heterocycles. The number of carbonyl (C=O) groups excluding carboxylic acids is 1. The smallest absolute Gasteiger partial charge is 0.428 e. The molecule has 0 N–H and O–H groups in total. The minimum absolute atomic E-state index is 0.137. The van der Waals surface area contributed by atoms with E-state index in [0.29, 0.717) is 12.0 Å². The number of Topliss-reactive ketones (excluding diaryl/α,β-unsaturated/α-hetero) is 1. The Morgan fingerprint density at radius 3 is 2.16 bits per heavy atom. The Balaban J connectivity index is 2.74. The van der Waals surface area contributed by atoms with E-state index >= 15 is 0 Å². The second-order valence-electron chi connectivity index (χ2n) is 4.51. The number of benzene rings is 1. The van der Waals surface area contributed by atoms with Crippen LogP contribution in [0.5, 0.6) is 5.75 Å². The fraction of sp³-hybridized carbons (Fsp3) is 0.462. The summed E-state index contributed by atoms with van der Waals surface area (Å²) in [6.45, 7) is 3.75. The van der Waals surface area contributed by atoms with Crippen LogP contribution in [0.1, 0.15) is 30.6 Å². The van der Waals surface area contributed by atoms with Crippen LogP contribution >= 0.6 is 0 Å². The molecule has 0 amide bonds. The molecule has 0 spiro atoms. The molecule has 1 aromatic rings. The van der Waals surface area contributed by atoms with Crippen molar-refractivity contribution in [3.8, 4) is 5.75 Å². The van der Waals surface area contributed by atoms with E-state index in [1.165, 1.54) is 12.1 Å². The first-order chi connectivity index (χ1) is 8.72. The van der Waals surface area contributed by atoms with E-state index in [1.54, 1.807) is 0 Å². The molecule has 0 atom stereocenters. The molecule has 0 aliphatic carbocycles. The van der Waals surface area contributed by atoms with Crippen molar-refractivity contribution in [2.45, 2.75) is 32.8 Å². The van der Waals surface area contributed by atoms with Gasteiger partial charge in [-0.15, -0.1) is 0 Å². The zero-order valence-electron chi connectivity index (χ0n) is 10.5. The van der Waals surface area contributed by atoms with Crippen molar-refractivity contribution in [3.05, 3.63) is 29.8 Å². The summed E-state index contributed by atoms with van der Waals surface area (Å²) in [4.78, 5) is 11.7. The highest BCUT2D eigenvalue weighted by molar-refractivity contribution is 5.96. The third-order valence-corrected chi connectivity index (χ3v) is 2.28. The van der Waals surface area contributed by atoms with Crippen molar-refractivity contribution in [2.24, 2.45) is 5.92 Å². The molecular formula is C13H14F4O2. The average Bonchev–Trinajstić information content (AvgIpc) is 2.28. The number of hydrogen-bond acceptors (Lipinski definition) is 2. The average molecular weight is 278 g/mol. The number of hydrogen-bond donors (Lipinski definition) is 0. The first-order valence-corrected chi connectivity index (χ1v) is 5.70. The number of halogens is 4. The van der Waals surface area contributed by atoms with Gasteiger partial charge in [0.15, 0.2) is 5.78 Å². The van der Waals surface area contributed by atoms with Crippen LogP contribution in [0.4, 0.5) is 17.6 Å². The summed E-state index contributed by atoms with van der Waals surface area (Å²) >= 11 is 0. The molecule has 0 bridgehead atoms. The second-order valence-corrected chi connectivity index (χ2v) is 4.51. The predicted octanol–water partition coefficient (Wildman–Crippen LogP) is 4.15. The highest BCUT2D eigenvalue weighted by atomic mass is 19.3. The minimum atomic E-state index is -4.54. The van der Waals surface area contributed by atoms with Gasteiger partial charge in [-0.3, -0.25) is 4.79 Å². The second kappa shape index (κ2) is 6.04. The van der Waals surface area contributed by atoms with E-state index < -0.39 is 18.3 Å². The zero-order chi connectivity index (χ0) is 14.6. The summed E-state index contributed by atoms with van der Waals surface area (Å²) in [6, 6.07) is 4.71. The number of alkyl halides is 4. The van der Waals surface area contributed by atoms with Gasteiger partial charge in [-0.25, -0.2) is 0 Å². The van der Waals surface area contributed by atoms with Crippen LogP contribution in [0.2, 0.25) is 0 Å². The van der Waals surface area contributed by atoms with E-state index in [1.807, 2.05) is 13.8 Å². The van der Waals surface area contributed by atoms with Gasteiger partial charge in [0.2, 0.25) is 0 Å². The molecule has 0 saturated carbocycles. The van der Waals surface area contributed by atoms with Gasteiger partial charge in [-0.05, 0) is 30.2 Å². The third-order valence-electron chi connectivity index (χ3n) is 2.28. The minimum Gasteiger partial charge on any atom is -0.428 e. The molecule has 19 heavy (non-hydrogen) atoms. The lowest BCUT2D eigenvalue weighted by molar-refractivity contribution is -0.253. The molecule has 0 radical (unpaired) electrons. The summed E-state index contributed by atoms with van der Waals surface area (Å²) in [7, 11) is 0. The molecule has 0 unspecified atom stereocenters. The maximum atomic E-state index is 12.6. The zero-order valence-corrected chi connectivity index (χ0v) is 10.5. The van der Waals surface area contributed by atoms with Crippen molar-refractivity contribution < 1.29 is 27.1 Å². The largest absolute Gasteiger partial charge is 0.461 e. The Hall–Kier alpha value is -1.59. The molecule has 1 rings (SSSR count). The molecular weight excluding hydrogens is 264 g/mol. The fourth-order valence-electron chi connectivity index (χ4n) is 1.40. The van der Waals surface area contributed by atoms with Crippen molar-refractivity contribution in [1.82, 2.24) is 0 Å². The summed E-state index contributed by atoms with van der Waals surface area (Å²) in [6.07, 6.45) is -8.12. The van der Waals surface area contributed by atoms with Gasteiger partial charge in [0.05, 0.1) is 0 Å². The summed E-state index contributed by atoms with van der Waals surface area (Å²) in [5.74, 6) is -0.375.